The van der Waals surface area contributed by atoms with Gasteiger partial charge in [-0.3, -0.25) is 9.59 Å². The Kier molecular flexibility index (Phi) is 7.43. The highest BCUT2D eigenvalue weighted by Gasteiger charge is 2.16. The molecule has 0 aliphatic rings. The summed E-state index contributed by atoms with van der Waals surface area (Å²) in [4.78, 5) is 25.9. The summed E-state index contributed by atoms with van der Waals surface area (Å²) in [6.07, 6.45) is 0.765. The fourth-order valence-corrected chi connectivity index (χ4v) is 2.55. The zero-order valence-corrected chi connectivity index (χ0v) is 15.3. The monoisotopic (exact) mass is 375 g/mol. The summed E-state index contributed by atoms with van der Waals surface area (Å²) in [5.74, 6) is -2.89. The quantitative estimate of drug-likeness (QED) is 0.742. The SMILES string of the molecule is CN(C)C(CNC(=O)CNC(=O)c1ccc(F)cc1F)Cc1ccccc1. The predicted molar refractivity (Wildman–Crippen MR) is 99.3 cm³/mol. The van der Waals surface area contributed by atoms with E-state index in [1.807, 2.05) is 49.3 Å². The lowest BCUT2D eigenvalue weighted by Gasteiger charge is -2.24. The zero-order chi connectivity index (χ0) is 19.8. The molecule has 5 nitrogen and oxygen atoms in total. The van der Waals surface area contributed by atoms with Gasteiger partial charge in [-0.15, -0.1) is 0 Å². The topological polar surface area (TPSA) is 61.4 Å². The third kappa shape index (κ3) is 6.45. The first kappa shape index (κ1) is 20.5. The molecule has 0 bridgehead atoms. The van der Waals surface area contributed by atoms with Gasteiger partial charge in [0.1, 0.15) is 11.6 Å². The molecule has 2 aromatic rings. The second-order valence-corrected chi connectivity index (χ2v) is 6.42. The summed E-state index contributed by atoms with van der Waals surface area (Å²) in [7, 11) is 3.86. The van der Waals surface area contributed by atoms with Crippen molar-refractivity contribution in [2.24, 2.45) is 0 Å². The average Bonchev–Trinajstić information content (AvgIpc) is 2.63. The van der Waals surface area contributed by atoms with Crippen LogP contribution in [0.25, 0.3) is 0 Å². The largest absolute Gasteiger partial charge is 0.353 e. The first-order valence-electron chi connectivity index (χ1n) is 8.57. The first-order valence-corrected chi connectivity index (χ1v) is 8.57. The third-order valence-corrected chi connectivity index (χ3v) is 4.16. The maximum atomic E-state index is 13.6. The van der Waals surface area contributed by atoms with Crippen molar-refractivity contribution < 1.29 is 18.4 Å². The van der Waals surface area contributed by atoms with E-state index >= 15 is 0 Å². The summed E-state index contributed by atoms with van der Waals surface area (Å²) >= 11 is 0. The number of hydrogen-bond acceptors (Lipinski definition) is 3. The highest BCUT2D eigenvalue weighted by molar-refractivity contribution is 5.96. The molecule has 2 aromatic carbocycles. The maximum absolute atomic E-state index is 13.6. The van der Waals surface area contributed by atoms with E-state index in [1.165, 1.54) is 0 Å². The van der Waals surface area contributed by atoms with E-state index in [0.29, 0.717) is 12.6 Å². The summed E-state index contributed by atoms with van der Waals surface area (Å²) in [6, 6.07) is 12.7. The predicted octanol–water partition coefficient (Wildman–Crippen LogP) is 1.98. The molecule has 7 heteroatoms. The van der Waals surface area contributed by atoms with Crippen LogP contribution in [0.2, 0.25) is 0 Å². The lowest BCUT2D eigenvalue weighted by Crippen LogP contribution is -2.44. The van der Waals surface area contributed by atoms with Gasteiger partial charge in [0.25, 0.3) is 5.91 Å². The Morgan fingerprint density at radius 2 is 1.74 bits per heavy atom. The van der Waals surface area contributed by atoms with E-state index in [-0.39, 0.29) is 24.1 Å². The number of rotatable bonds is 8. The van der Waals surface area contributed by atoms with E-state index in [0.717, 1.165) is 24.1 Å². The van der Waals surface area contributed by atoms with Crippen molar-refractivity contribution in [2.45, 2.75) is 12.5 Å². The molecule has 1 unspecified atom stereocenters. The fourth-order valence-electron chi connectivity index (χ4n) is 2.55. The van der Waals surface area contributed by atoms with Gasteiger partial charge in [-0.1, -0.05) is 30.3 Å². The fraction of sp³-hybridized carbons (Fsp3) is 0.300. The third-order valence-electron chi connectivity index (χ3n) is 4.16. The maximum Gasteiger partial charge on any atom is 0.254 e. The summed E-state index contributed by atoms with van der Waals surface area (Å²) in [5.41, 5.74) is 0.852. The number of carbonyl (C=O) groups excluding carboxylic acids is 2. The van der Waals surface area contributed by atoms with Crippen molar-refractivity contribution in [3.05, 3.63) is 71.3 Å². The molecule has 0 heterocycles. The molecule has 0 aliphatic heterocycles. The van der Waals surface area contributed by atoms with Gasteiger partial charge in [-0.25, -0.2) is 8.78 Å². The Labute approximate surface area is 157 Å². The van der Waals surface area contributed by atoms with Crippen molar-refractivity contribution in [3.8, 4) is 0 Å². The van der Waals surface area contributed by atoms with E-state index in [4.69, 9.17) is 0 Å². The molecule has 2 N–H and O–H groups in total. The molecule has 27 heavy (non-hydrogen) atoms. The van der Waals surface area contributed by atoms with Gasteiger partial charge in [0.2, 0.25) is 5.91 Å². The molecule has 0 fully saturated rings. The average molecular weight is 375 g/mol. The number of hydrogen-bond donors (Lipinski definition) is 2. The van der Waals surface area contributed by atoms with Crippen LogP contribution in [0, 0.1) is 11.6 Å². The molecule has 2 amide bonds. The Morgan fingerprint density at radius 1 is 1.04 bits per heavy atom. The lowest BCUT2D eigenvalue weighted by molar-refractivity contribution is -0.120. The standard InChI is InChI=1S/C20H23F2N3O2/c1-25(2)16(10-14-6-4-3-5-7-14)12-23-19(26)13-24-20(27)17-9-8-15(21)11-18(17)22/h3-9,11,16H,10,12-13H2,1-2H3,(H,23,26)(H,24,27). The summed E-state index contributed by atoms with van der Waals surface area (Å²) < 4.78 is 26.5. The van der Waals surface area contributed by atoms with Gasteiger partial charge in [-0.05, 0) is 38.2 Å². The summed E-state index contributed by atoms with van der Waals surface area (Å²) in [6.45, 7) is 0.114. The van der Waals surface area contributed by atoms with Crippen molar-refractivity contribution >= 4 is 11.8 Å². The van der Waals surface area contributed by atoms with E-state index in [2.05, 4.69) is 10.6 Å². The highest BCUT2D eigenvalue weighted by Crippen LogP contribution is 2.09. The van der Waals surface area contributed by atoms with Crippen LogP contribution in [0.1, 0.15) is 15.9 Å². The van der Waals surface area contributed by atoms with E-state index in [1.54, 1.807) is 0 Å². The van der Waals surface area contributed by atoms with Crippen LogP contribution >= 0.6 is 0 Å². The molecule has 2 rings (SSSR count). The highest BCUT2D eigenvalue weighted by atomic mass is 19.1. The Hall–Kier alpha value is -2.80. The molecular formula is C20H23F2N3O2. The van der Waals surface area contributed by atoms with Crippen molar-refractivity contribution in [2.75, 3.05) is 27.2 Å². The van der Waals surface area contributed by atoms with Crippen molar-refractivity contribution in [1.82, 2.24) is 15.5 Å². The van der Waals surface area contributed by atoms with Gasteiger partial charge in [0.05, 0.1) is 12.1 Å². The van der Waals surface area contributed by atoms with Gasteiger partial charge in [-0.2, -0.15) is 0 Å². The number of nitrogens with zero attached hydrogens (tertiary/aromatic N) is 1. The molecule has 144 valence electrons. The second-order valence-electron chi connectivity index (χ2n) is 6.42. The molecule has 0 radical (unpaired) electrons. The lowest BCUT2D eigenvalue weighted by atomic mass is 10.1. The Morgan fingerprint density at radius 3 is 2.37 bits per heavy atom. The first-order chi connectivity index (χ1) is 12.9. The molecule has 0 aliphatic carbocycles. The van der Waals surface area contributed by atoms with Crippen LogP contribution in [-0.4, -0.2) is 49.9 Å². The number of likely N-dealkylation sites (N-methyl/N-ethyl adjacent to an activating group) is 1. The molecule has 0 saturated heterocycles. The Balaban J connectivity index is 1.82. The second kappa shape index (κ2) is 9.78. The minimum atomic E-state index is -0.969. The van der Waals surface area contributed by atoms with Crippen LogP contribution in [0.15, 0.2) is 48.5 Å². The van der Waals surface area contributed by atoms with Gasteiger partial charge in [0.15, 0.2) is 0 Å². The van der Waals surface area contributed by atoms with E-state index in [9.17, 15) is 18.4 Å². The number of amides is 2. The van der Waals surface area contributed by atoms with Crippen molar-refractivity contribution in [3.63, 3.8) is 0 Å². The Bertz CT molecular complexity index is 782. The van der Waals surface area contributed by atoms with Crippen molar-refractivity contribution in [1.29, 1.82) is 0 Å². The molecule has 0 saturated carbocycles. The van der Waals surface area contributed by atoms with Crippen LogP contribution in [-0.2, 0) is 11.2 Å². The minimum Gasteiger partial charge on any atom is -0.353 e. The normalized spacial score (nSPS) is 11.9. The minimum absolute atomic E-state index is 0.0848. The number of nitrogens with one attached hydrogen (secondary N) is 2. The molecule has 0 spiro atoms. The smallest absolute Gasteiger partial charge is 0.254 e. The summed E-state index contributed by atoms with van der Waals surface area (Å²) in [5, 5.41) is 5.10. The van der Waals surface area contributed by atoms with Gasteiger partial charge >= 0.3 is 0 Å². The van der Waals surface area contributed by atoms with Crippen LogP contribution < -0.4 is 10.6 Å². The number of benzene rings is 2. The molecule has 1 atom stereocenters. The van der Waals surface area contributed by atoms with Gasteiger partial charge in [0, 0.05) is 18.7 Å². The van der Waals surface area contributed by atoms with Crippen LogP contribution in [0.4, 0.5) is 8.78 Å². The zero-order valence-electron chi connectivity index (χ0n) is 15.3. The molecule has 0 aromatic heterocycles. The van der Waals surface area contributed by atoms with Crippen LogP contribution in [0.5, 0.6) is 0 Å². The number of carbonyl (C=O) groups is 2. The van der Waals surface area contributed by atoms with Crippen LogP contribution in [0.3, 0.4) is 0 Å². The van der Waals surface area contributed by atoms with Gasteiger partial charge < -0.3 is 15.5 Å². The van der Waals surface area contributed by atoms with E-state index < -0.39 is 17.5 Å². The number of halogens is 2. The molecular weight excluding hydrogens is 352 g/mol.